The van der Waals surface area contributed by atoms with Gasteiger partial charge in [0.15, 0.2) is 0 Å². The molecule has 7 nitrogen and oxygen atoms in total. The Bertz CT molecular complexity index is 1120. The van der Waals surface area contributed by atoms with Gasteiger partial charge in [-0.1, -0.05) is 24.8 Å². The van der Waals surface area contributed by atoms with Crippen molar-refractivity contribution in [1.29, 1.82) is 0 Å². The molecule has 2 aromatic rings. The number of amides is 2. The number of hydrogen-bond donors (Lipinski definition) is 3. The fourth-order valence-corrected chi connectivity index (χ4v) is 2.87. The summed E-state index contributed by atoms with van der Waals surface area (Å²) >= 11 is 0. The van der Waals surface area contributed by atoms with Gasteiger partial charge >= 0.3 is 6.18 Å². The molecule has 0 saturated carbocycles. The van der Waals surface area contributed by atoms with Crippen molar-refractivity contribution >= 4 is 18.5 Å². The van der Waals surface area contributed by atoms with Crippen LogP contribution in [-0.4, -0.2) is 36.3 Å². The lowest BCUT2D eigenvalue weighted by Gasteiger charge is -2.20. The molecule has 0 spiro atoms. The van der Waals surface area contributed by atoms with Crippen molar-refractivity contribution in [2.75, 3.05) is 7.11 Å². The fraction of sp³-hybridized carbons (Fsp3) is 0.296. The largest absolute Gasteiger partial charge is 0.508 e. The maximum absolute atomic E-state index is 12.5. The third-order valence-corrected chi connectivity index (χ3v) is 4.60. The Kier molecular flexibility index (Phi) is 11.6. The Labute approximate surface area is 214 Å². The van der Waals surface area contributed by atoms with Gasteiger partial charge in [0.25, 0.3) is 5.91 Å². The number of alkyl halides is 3. The molecular formula is C27H32F3N3O4. The average Bonchev–Trinajstić information content (AvgIpc) is 2.81. The van der Waals surface area contributed by atoms with Crippen LogP contribution in [0.4, 0.5) is 13.2 Å². The molecule has 2 aromatic carbocycles. The third-order valence-electron chi connectivity index (χ3n) is 4.60. The van der Waals surface area contributed by atoms with Crippen molar-refractivity contribution < 1.29 is 32.6 Å². The predicted octanol–water partition coefficient (Wildman–Crippen LogP) is 4.95. The van der Waals surface area contributed by atoms with E-state index in [0.29, 0.717) is 12.1 Å². The zero-order valence-corrected chi connectivity index (χ0v) is 21.3. The number of methoxy groups -OCH3 is 1. The number of phenolic OH excluding ortho intramolecular Hbond substituents is 1. The minimum atomic E-state index is -4.50. The van der Waals surface area contributed by atoms with Gasteiger partial charge in [-0.25, -0.2) is 0 Å². The predicted molar refractivity (Wildman–Crippen MR) is 137 cm³/mol. The Morgan fingerprint density at radius 3 is 2.22 bits per heavy atom. The highest BCUT2D eigenvalue weighted by molar-refractivity contribution is 5.95. The Balaban J connectivity index is 0.000000371. The van der Waals surface area contributed by atoms with Crippen LogP contribution >= 0.6 is 0 Å². The zero-order chi connectivity index (χ0) is 28.2. The SMILES string of the molecule is C=C/C(=C\N=C)C(=O)NCc1ccc(OC)cc1.CC(C)(C)NC(=O)Cc1cc(C(F)(F)F)ccc1O. The molecule has 0 aliphatic heterocycles. The van der Waals surface area contributed by atoms with E-state index in [2.05, 4.69) is 28.9 Å². The molecular weight excluding hydrogens is 487 g/mol. The number of halogens is 3. The summed E-state index contributed by atoms with van der Waals surface area (Å²) in [6.07, 6.45) is -1.98. The average molecular weight is 520 g/mol. The molecule has 0 fully saturated rings. The van der Waals surface area contributed by atoms with Crippen molar-refractivity contribution in [2.24, 2.45) is 4.99 Å². The smallest absolute Gasteiger partial charge is 0.416 e. The van der Waals surface area contributed by atoms with Crippen LogP contribution in [-0.2, 0) is 28.7 Å². The Morgan fingerprint density at radius 2 is 1.73 bits per heavy atom. The number of hydrogen-bond acceptors (Lipinski definition) is 5. The number of nitrogens with zero attached hydrogens (tertiary/aromatic N) is 1. The van der Waals surface area contributed by atoms with Crippen molar-refractivity contribution in [3.05, 3.63) is 83.6 Å². The molecule has 0 atom stereocenters. The lowest BCUT2D eigenvalue weighted by molar-refractivity contribution is -0.137. The number of carbonyl (C=O) groups is 2. The number of nitrogens with one attached hydrogen (secondary N) is 2. The molecule has 0 aliphatic rings. The number of rotatable bonds is 8. The lowest BCUT2D eigenvalue weighted by Crippen LogP contribution is -2.41. The Hall–Kier alpha value is -4.08. The van der Waals surface area contributed by atoms with Gasteiger partial charge in [0.2, 0.25) is 5.91 Å². The highest BCUT2D eigenvalue weighted by Gasteiger charge is 2.31. The molecule has 2 amide bonds. The molecule has 0 unspecified atom stereocenters. The summed E-state index contributed by atoms with van der Waals surface area (Å²) in [6, 6.07) is 9.99. The van der Waals surface area contributed by atoms with Crippen LogP contribution in [0.1, 0.15) is 37.5 Å². The van der Waals surface area contributed by atoms with Gasteiger partial charge in [0.1, 0.15) is 11.5 Å². The van der Waals surface area contributed by atoms with Crippen LogP contribution in [0.3, 0.4) is 0 Å². The van der Waals surface area contributed by atoms with Crippen molar-refractivity contribution in [2.45, 2.75) is 45.5 Å². The molecule has 0 aromatic heterocycles. The van der Waals surface area contributed by atoms with E-state index in [0.717, 1.165) is 29.5 Å². The lowest BCUT2D eigenvalue weighted by atomic mass is 10.0. The first-order valence-corrected chi connectivity index (χ1v) is 11.1. The third kappa shape index (κ3) is 11.5. The van der Waals surface area contributed by atoms with E-state index in [1.165, 1.54) is 12.3 Å². The Morgan fingerprint density at radius 1 is 1.11 bits per heavy atom. The summed E-state index contributed by atoms with van der Waals surface area (Å²) in [7, 11) is 1.61. The number of carbonyl (C=O) groups excluding carboxylic acids is 2. The van der Waals surface area contributed by atoms with Crippen LogP contribution in [0.15, 0.2) is 71.9 Å². The molecule has 2 rings (SSSR count). The quantitative estimate of drug-likeness (QED) is 0.261. The van der Waals surface area contributed by atoms with Crippen molar-refractivity contribution in [3.63, 3.8) is 0 Å². The monoisotopic (exact) mass is 519 g/mol. The summed E-state index contributed by atoms with van der Waals surface area (Å²) in [5, 5.41) is 14.9. The van der Waals surface area contributed by atoms with E-state index in [-0.39, 0.29) is 23.6 Å². The van der Waals surface area contributed by atoms with E-state index in [1.807, 2.05) is 24.3 Å². The summed E-state index contributed by atoms with van der Waals surface area (Å²) in [6.45, 7) is 12.6. The van der Waals surface area contributed by atoms with Crippen LogP contribution in [0, 0.1) is 0 Å². The topological polar surface area (TPSA) is 100 Å². The highest BCUT2D eigenvalue weighted by Crippen LogP contribution is 2.32. The number of aliphatic imine (C=N–C) groups is 1. The van der Waals surface area contributed by atoms with Crippen LogP contribution in [0.2, 0.25) is 0 Å². The van der Waals surface area contributed by atoms with Crippen LogP contribution < -0.4 is 15.4 Å². The zero-order valence-electron chi connectivity index (χ0n) is 21.3. The summed E-state index contributed by atoms with van der Waals surface area (Å²) < 4.78 is 42.6. The molecule has 0 bridgehead atoms. The number of aromatic hydroxyl groups is 1. The summed E-state index contributed by atoms with van der Waals surface area (Å²) in [5.41, 5.74) is -0.0352. The minimum absolute atomic E-state index is 0.0448. The minimum Gasteiger partial charge on any atom is -0.508 e. The molecule has 0 heterocycles. The van der Waals surface area contributed by atoms with E-state index >= 15 is 0 Å². The summed E-state index contributed by atoms with van der Waals surface area (Å²) in [5.74, 6) is -0.208. The molecule has 0 saturated heterocycles. The van der Waals surface area contributed by atoms with E-state index < -0.39 is 23.2 Å². The standard InChI is InChI=1S/C14H16N2O2.C13H16F3NO2/c1-4-12(10-15-2)14(17)16-9-11-5-7-13(18-3)8-6-11;1-12(2,3)17-11(19)7-8-6-9(13(14,15)16)4-5-10(8)18/h4-8,10H,1-2,9H2,3H3,(H,16,17);4-6,18H,7H2,1-3H3,(H,17,19)/b12-10+;. The fourth-order valence-electron chi connectivity index (χ4n) is 2.87. The van der Waals surface area contributed by atoms with Crippen LogP contribution in [0.5, 0.6) is 11.5 Å². The molecule has 37 heavy (non-hydrogen) atoms. The van der Waals surface area contributed by atoms with Gasteiger partial charge in [-0.3, -0.25) is 14.6 Å². The van der Waals surface area contributed by atoms with Gasteiger partial charge in [-0.15, -0.1) is 0 Å². The van der Waals surface area contributed by atoms with E-state index in [1.54, 1.807) is 27.9 Å². The number of phenols is 1. The molecule has 0 aliphatic carbocycles. The van der Waals surface area contributed by atoms with E-state index in [9.17, 15) is 27.9 Å². The maximum atomic E-state index is 12.5. The molecule has 3 N–H and O–H groups in total. The second-order valence-electron chi connectivity index (χ2n) is 8.82. The second-order valence-corrected chi connectivity index (χ2v) is 8.82. The van der Waals surface area contributed by atoms with Crippen molar-refractivity contribution in [3.8, 4) is 11.5 Å². The normalized spacial score (nSPS) is 11.5. The first-order valence-electron chi connectivity index (χ1n) is 11.1. The number of benzene rings is 2. The van der Waals surface area contributed by atoms with Gasteiger partial charge in [-0.05, 0) is 63.4 Å². The van der Waals surface area contributed by atoms with E-state index in [4.69, 9.17) is 4.74 Å². The number of ether oxygens (including phenoxy) is 1. The first-order chi connectivity index (χ1) is 17.2. The van der Waals surface area contributed by atoms with Gasteiger partial charge in [-0.2, -0.15) is 13.2 Å². The second kappa shape index (κ2) is 13.9. The molecule has 0 radical (unpaired) electrons. The maximum Gasteiger partial charge on any atom is 0.416 e. The van der Waals surface area contributed by atoms with Crippen molar-refractivity contribution in [1.82, 2.24) is 10.6 Å². The van der Waals surface area contributed by atoms with Gasteiger partial charge in [0.05, 0.1) is 24.7 Å². The van der Waals surface area contributed by atoms with Gasteiger partial charge in [0, 0.05) is 23.8 Å². The first kappa shape index (κ1) is 31.0. The molecule has 10 heteroatoms. The van der Waals surface area contributed by atoms with Gasteiger partial charge < -0.3 is 20.5 Å². The van der Waals surface area contributed by atoms with Crippen LogP contribution in [0.25, 0.3) is 0 Å². The highest BCUT2D eigenvalue weighted by atomic mass is 19.4. The summed E-state index contributed by atoms with van der Waals surface area (Å²) in [4.78, 5) is 26.9. The molecule has 200 valence electrons.